The molecule has 0 saturated heterocycles. The predicted octanol–water partition coefficient (Wildman–Crippen LogP) is 4.53. The molecule has 1 aromatic rings. The molecule has 96 valence electrons. The Morgan fingerprint density at radius 3 is 2.33 bits per heavy atom. The maximum atomic E-state index is 9.21. The molecule has 1 rings (SSSR count). The highest BCUT2D eigenvalue weighted by molar-refractivity contribution is 5.18. The summed E-state index contributed by atoms with van der Waals surface area (Å²) in [4.78, 5) is 0. The van der Waals surface area contributed by atoms with Crippen LogP contribution in [0.15, 0.2) is 40.6 Å². The van der Waals surface area contributed by atoms with Gasteiger partial charge in [-0.25, -0.2) is 0 Å². The van der Waals surface area contributed by atoms with Gasteiger partial charge < -0.3 is 0 Å². The van der Waals surface area contributed by atoms with E-state index in [2.05, 4.69) is 30.1 Å². The van der Waals surface area contributed by atoms with Gasteiger partial charge in [0.25, 0.3) is 0 Å². The Balaban J connectivity index is 2.76. The van der Waals surface area contributed by atoms with Crippen LogP contribution in [0.5, 0.6) is 0 Å². The van der Waals surface area contributed by atoms with Crippen LogP contribution in [0.4, 0.5) is 0 Å². The zero-order valence-corrected chi connectivity index (χ0v) is 11.6. The van der Waals surface area contributed by atoms with E-state index in [1.54, 1.807) is 0 Å². The third-order valence-corrected chi connectivity index (χ3v) is 2.78. The maximum Gasteiger partial charge on any atom is 0.164 e. The SMILES string of the molecule is CC(C)CC(C)(C#N)N=NC(C)c1ccccc1. The minimum Gasteiger partial charge on any atom is -0.196 e. The molecule has 0 aliphatic carbocycles. The quantitative estimate of drug-likeness (QED) is 0.701. The molecule has 2 atom stereocenters. The van der Waals surface area contributed by atoms with Gasteiger partial charge in [0.15, 0.2) is 5.54 Å². The van der Waals surface area contributed by atoms with Crippen LogP contribution in [0.2, 0.25) is 0 Å². The lowest BCUT2D eigenvalue weighted by Gasteiger charge is -2.18. The number of azo groups is 1. The van der Waals surface area contributed by atoms with Gasteiger partial charge in [-0.1, -0.05) is 44.2 Å². The molecular formula is C15H21N3. The summed E-state index contributed by atoms with van der Waals surface area (Å²) in [6, 6.07) is 12.2. The third kappa shape index (κ3) is 4.29. The van der Waals surface area contributed by atoms with Gasteiger partial charge in [0.2, 0.25) is 0 Å². The van der Waals surface area contributed by atoms with Crippen molar-refractivity contribution in [2.24, 2.45) is 16.1 Å². The molecule has 0 fully saturated rings. The van der Waals surface area contributed by atoms with Crippen molar-refractivity contribution in [1.82, 2.24) is 0 Å². The molecule has 3 heteroatoms. The standard InChI is InChI=1S/C15H21N3/c1-12(2)10-15(4,11-16)18-17-13(3)14-8-6-5-7-9-14/h5-9,12-13H,10H2,1-4H3. The lowest BCUT2D eigenvalue weighted by atomic mass is 9.93. The van der Waals surface area contributed by atoms with Crippen LogP contribution in [0.25, 0.3) is 0 Å². The second-order valence-electron chi connectivity index (χ2n) is 5.29. The first-order chi connectivity index (χ1) is 8.47. The Morgan fingerprint density at radius 1 is 1.22 bits per heavy atom. The second-order valence-corrected chi connectivity index (χ2v) is 5.29. The van der Waals surface area contributed by atoms with Crippen molar-refractivity contribution in [2.45, 2.75) is 45.7 Å². The lowest BCUT2D eigenvalue weighted by Crippen LogP contribution is -2.21. The molecule has 0 amide bonds. The number of nitriles is 1. The maximum absolute atomic E-state index is 9.21. The largest absolute Gasteiger partial charge is 0.196 e. The summed E-state index contributed by atoms with van der Waals surface area (Å²) in [6.45, 7) is 8.01. The number of nitrogens with zero attached hydrogens (tertiary/aromatic N) is 3. The average molecular weight is 243 g/mol. The van der Waals surface area contributed by atoms with E-state index in [9.17, 15) is 5.26 Å². The highest BCUT2D eigenvalue weighted by atomic mass is 15.2. The van der Waals surface area contributed by atoms with Crippen LogP contribution >= 0.6 is 0 Å². The van der Waals surface area contributed by atoms with Crippen LogP contribution in [-0.2, 0) is 0 Å². The molecule has 0 N–H and O–H groups in total. The molecular weight excluding hydrogens is 222 g/mol. The van der Waals surface area contributed by atoms with Crippen LogP contribution in [-0.4, -0.2) is 5.54 Å². The Morgan fingerprint density at radius 2 is 1.83 bits per heavy atom. The van der Waals surface area contributed by atoms with E-state index in [4.69, 9.17) is 0 Å². The fourth-order valence-electron chi connectivity index (χ4n) is 1.92. The van der Waals surface area contributed by atoms with Crippen molar-refractivity contribution in [1.29, 1.82) is 5.26 Å². The minimum atomic E-state index is -0.711. The van der Waals surface area contributed by atoms with Gasteiger partial charge >= 0.3 is 0 Å². The van der Waals surface area contributed by atoms with Gasteiger partial charge in [-0.15, -0.1) is 0 Å². The number of rotatable bonds is 5. The Hall–Kier alpha value is -1.69. The number of hydrogen-bond donors (Lipinski definition) is 0. The molecule has 0 saturated carbocycles. The van der Waals surface area contributed by atoms with Gasteiger partial charge in [0.1, 0.15) is 0 Å². The van der Waals surface area contributed by atoms with E-state index in [1.165, 1.54) is 0 Å². The van der Waals surface area contributed by atoms with Crippen LogP contribution in [0.1, 0.15) is 45.7 Å². The van der Waals surface area contributed by atoms with Gasteiger partial charge in [-0.2, -0.15) is 15.5 Å². The van der Waals surface area contributed by atoms with Crippen LogP contribution in [0, 0.1) is 17.2 Å². The molecule has 1 aromatic carbocycles. The Labute approximate surface area is 110 Å². The summed E-state index contributed by atoms with van der Waals surface area (Å²) < 4.78 is 0. The molecule has 0 spiro atoms. The molecule has 0 radical (unpaired) electrons. The van der Waals surface area contributed by atoms with E-state index in [1.807, 2.05) is 44.2 Å². The minimum absolute atomic E-state index is 0.00830. The Kier molecular flexibility index (Phi) is 5.03. The summed E-state index contributed by atoms with van der Waals surface area (Å²) >= 11 is 0. The predicted molar refractivity (Wildman–Crippen MR) is 73.2 cm³/mol. The van der Waals surface area contributed by atoms with Crippen molar-refractivity contribution in [3.63, 3.8) is 0 Å². The first-order valence-corrected chi connectivity index (χ1v) is 6.35. The topological polar surface area (TPSA) is 48.5 Å². The molecule has 0 heterocycles. The Bertz CT molecular complexity index is 431. The zero-order chi connectivity index (χ0) is 13.6. The first-order valence-electron chi connectivity index (χ1n) is 6.35. The van der Waals surface area contributed by atoms with Crippen LogP contribution in [0.3, 0.4) is 0 Å². The first kappa shape index (κ1) is 14.4. The summed E-state index contributed by atoms with van der Waals surface area (Å²) in [5, 5.41) is 17.8. The lowest BCUT2D eigenvalue weighted by molar-refractivity contribution is 0.425. The van der Waals surface area contributed by atoms with E-state index < -0.39 is 5.54 Å². The molecule has 0 aliphatic heterocycles. The summed E-state index contributed by atoms with van der Waals surface area (Å²) in [5.41, 5.74) is 0.406. The van der Waals surface area contributed by atoms with E-state index in [0.717, 1.165) is 12.0 Å². The van der Waals surface area contributed by atoms with Crippen molar-refractivity contribution >= 4 is 0 Å². The third-order valence-electron chi connectivity index (χ3n) is 2.78. The van der Waals surface area contributed by atoms with Crippen molar-refractivity contribution in [3.05, 3.63) is 35.9 Å². The van der Waals surface area contributed by atoms with Crippen molar-refractivity contribution in [3.8, 4) is 6.07 Å². The monoisotopic (exact) mass is 243 g/mol. The van der Waals surface area contributed by atoms with E-state index >= 15 is 0 Å². The molecule has 0 bridgehead atoms. The van der Waals surface area contributed by atoms with Gasteiger partial charge in [-0.05, 0) is 31.7 Å². The molecule has 0 aromatic heterocycles. The smallest absolute Gasteiger partial charge is 0.164 e. The highest BCUT2D eigenvalue weighted by Gasteiger charge is 2.24. The summed E-state index contributed by atoms with van der Waals surface area (Å²) in [5.74, 6) is 0.431. The normalized spacial score (nSPS) is 16.4. The van der Waals surface area contributed by atoms with E-state index in [0.29, 0.717) is 5.92 Å². The van der Waals surface area contributed by atoms with Crippen molar-refractivity contribution in [2.75, 3.05) is 0 Å². The van der Waals surface area contributed by atoms with Gasteiger partial charge in [-0.3, -0.25) is 0 Å². The average Bonchev–Trinajstić information content (AvgIpc) is 2.36. The summed E-state index contributed by atoms with van der Waals surface area (Å²) in [6.07, 6.45) is 0.731. The van der Waals surface area contributed by atoms with Crippen molar-refractivity contribution < 1.29 is 0 Å². The fourth-order valence-corrected chi connectivity index (χ4v) is 1.92. The second kappa shape index (κ2) is 6.30. The number of hydrogen-bond acceptors (Lipinski definition) is 3. The van der Waals surface area contributed by atoms with Gasteiger partial charge in [0, 0.05) is 0 Å². The summed E-state index contributed by atoms with van der Waals surface area (Å²) in [7, 11) is 0. The molecule has 18 heavy (non-hydrogen) atoms. The van der Waals surface area contributed by atoms with E-state index in [-0.39, 0.29) is 6.04 Å². The molecule has 2 unspecified atom stereocenters. The zero-order valence-electron chi connectivity index (χ0n) is 11.6. The van der Waals surface area contributed by atoms with Crippen LogP contribution < -0.4 is 0 Å². The number of benzene rings is 1. The van der Waals surface area contributed by atoms with Gasteiger partial charge in [0.05, 0.1) is 12.1 Å². The molecule has 0 aliphatic rings. The fraction of sp³-hybridized carbons (Fsp3) is 0.533. The highest BCUT2D eigenvalue weighted by Crippen LogP contribution is 2.24. The molecule has 3 nitrogen and oxygen atoms in total.